The van der Waals surface area contributed by atoms with Gasteiger partial charge in [-0.15, -0.1) is 0 Å². The minimum Gasteiger partial charge on any atom is -0.266 e. The van der Waals surface area contributed by atoms with Crippen LogP contribution < -0.4 is 0 Å². The van der Waals surface area contributed by atoms with Crippen LogP contribution in [-0.2, 0) is 4.79 Å². The molecule has 8 heavy (non-hydrogen) atoms. The average Bonchev–Trinajstić information content (AvgIpc) is 1.64. The van der Waals surface area contributed by atoms with Gasteiger partial charge in [0.1, 0.15) is 0 Å². The van der Waals surface area contributed by atoms with E-state index in [2.05, 4.69) is 0 Å². The van der Waals surface area contributed by atoms with Crippen molar-refractivity contribution in [2.24, 2.45) is 0 Å². The van der Waals surface area contributed by atoms with Crippen LogP contribution in [-0.4, -0.2) is 17.4 Å². The molecule has 0 fully saturated rings. The third-order valence-electron chi connectivity index (χ3n) is 0.507. The van der Waals surface area contributed by atoms with Crippen LogP contribution in [0.25, 0.3) is 0 Å². The number of hydrogen-bond acceptors (Lipinski definition) is 1. The first-order valence-electron chi connectivity index (χ1n) is 1.85. The molecule has 0 N–H and O–H groups in total. The van der Waals surface area contributed by atoms with E-state index < -0.39 is 17.4 Å². The van der Waals surface area contributed by atoms with Crippen LogP contribution in [0.5, 0.6) is 0 Å². The second-order valence-electron chi connectivity index (χ2n) is 1.19. The summed E-state index contributed by atoms with van der Waals surface area (Å²) in [6, 6.07) is 0. The van der Waals surface area contributed by atoms with Crippen LogP contribution in [0.2, 0.25) is 0 Å². The van der Waals surface area contributed by atoms with E-state index in [-0.39, 0.29) is 0 Å². The normalized spacial score (nSPS) is 13.0. The van der Waals surface area contributed by atoms with Gasteiger partial charge in [0, 0.05) is 0 Å². The fraction of sp³-hybridized carbons (Fsp3) is 0.667. The zero-order valence-electron chi connectivity index (χ0n) is 4.07. The molecule has 0 aliphatic carbocycles. The molecule has 48 valence electrons. The van der Waals surface area contributed by atoms with E-state index in [1.807, 2.05) is 0 Å². The van der Waals surface area contributed by atoms with E-state index in [1.165, 1.54) is 0 Å². The van der Waals surface area contributed by atoms with Gasteiger partial charge < -0.3 is 0 Å². The number of carbonyl (C=O) groups is 1. The molecule has 0 radical (unpaired) electrons. The van der Waals surface area contributed by atoms with Crippen molar-refractivity contribution in [3.05, 3.63) is 0 Å². The Morgan fingerprint density at radius 2 is 2.00 bits per heavy atom. The van der Waals surface area contributed by atoms with Crippen molar-refractivity contribution in [3.8, 4) is 0 Å². The Labute approximate surface area is 43.8 Å². The molecule has 1 atom stereocenters. The summed E-state index contributed by atoms with van der Waals surface area (Å²) in [4.78, 5) is 9.64. The highest BCUT2D eigenvalue weighted by atomic mass is 19.4. The molecule has 0 aliphatic heterocycles. The maximum Gasteiger partial charge on any atom is 0.317 e. The average molecular weight is 127 g/mol. The third-order valence-corrected chi connectivity index (χ3v) is 0.507. The van der Waals surface area contributed by atoms with Crippen LogP contribution in [0.4, 0.5) is 13.4 Å². The lowest BCUT2D eigenvalue weighted by Crippen LogP contribution is -2.22. The lowest BCUT2D eigenvalue weighted by molar-refractivity contribution is -0.192. The van der Waals surface area contributed by atoms with Crippen molar-refractivity contribution < 1.29 is 18.1 Å². The summed E-state index contributed by atoms with van der Waals surface area (Å²) in [6.45, 7) is 0.745. The second-order valence-corrected chi connectivity index (χ2v) is 1.19. The van der Waals surface area contributed by atoms with Gasteiger partial charge in [0.2, 0.25) is 0 Å². The Balaban J connectivity index is 3.65. The number of alkyl halides is 1. The molecule has 5 heteroatoms. The van der Waals surface area contributed by atoms with Crippen LogP contribution in [0.15, 0.2) is 0 Å². The van der Waals surface area contributed by atoms with E-state index in [9.17, 15) is 18.1 Å². The second kappa shape index (κ2) is 2.54. The monoisotopic (exact) mass is 127 g/mol. The summed E-state index contributed by atoms with van der Waals surface area (Å²) in [6.07, 6.45) is -2.12. The molecular weight excluding hydrogens is 123 g/mol. The summed E-state index contributed by atoms with van der Waals surface area (Å²) in [7, 11) is 0. The highest BCUT2D eigenvalue weighted by Gasteiger charge is 2.18. The van der Waals surface area contributed by atoms with Crippen molar-refractivity contribution in [3.63, 3.8) is 0 Å². The maximum atomic E-state index is 11.5. The molecule has 0 heterocycles. The van der Waals surface area contributed by atoms with Gasteiger partial charge in [-0.25, -0.2) is 4.39 Å². The van der Waals surface area contributed by atoms with Crippen LogP contribution in [0.3, 0.4) is 0 Å². The Bertz CT molecular complexity index is 82.5. The Morgan fingerprint density at radius 1 is 1.62 bits per heavy atom. The van der Waals surface area contributed by atoms with E-state index in [0.29, 0.717) is 0 Å². The van der Waals surface area contributed by atoms with Gasteiger partial charge in [0.15, 0.2) is 6.17 Å². The first kappa shape index (κ1) is 7.26. The first-order valence-corrected chi connectivity index (χ1v) is 1.85. The van der Waals surface area contributed by atoms with Gasteiger partial charge in [0.05, 0.1) is 0 Å². The molecule has 0 aromatic heterocycles. The zero-order chi connectivity index (χ0) is 6.73. The van der Waals surface area contributed by atoms with Crippen molar-refractivity contribution in [2.75, 3.05) is 0 Å². The van der Waals surface area contributed by atoms with Crippen LogP contribution >= 0.6 is 0 Å². The van der Waals surface area contributed by atoms with Crippen molar-refractivity contribution in [1.29, 1.82) is 0 Å². The van der Waals surface area contributed by atoms with Gasteiger partial charge >= 0.3 is 5.91 Å². The molecule has 0 aromatic carbocycles. The summed E-state index contributed by atoms with van der Waals surface area (Å²) >= 11 is 0. The predicted molar refractivity (Wildman–Crippen MR) is 19.6 cm³/mol. The number of nitrogens with zero attached hydrogens (tertiary/aromatic N) is 1. The molecular formula is C3H4F3NO. The maximum absolute atomic E-state index is 11.5. The minimum absolute atomic E-state index is 0.745. The largest absolute Gasteiger partial charge is 0.317 e. The quantitative estimate of drug-likeness (QED) is 0.480. The van der Waals surface area contributed by atoms with E-state index in [1.54, 1.807) is 0 Å². The lowest BCUT2D eigenvalue weighted by atomic mass is 10.4. The number of halogens is 3. The molecule has 1 unspecified atom stereocenters. The third kappa shape index (κ3) is 1.81. The molecule has 0 saturated carbocycles. The number of rotatable bonds is 1. The Morgan fingerprint density at radius 3 is 2.00 bits per heavy atom. The standard InChI is InChI=1S/C3H4F3NO/c1-2(4)3(8)7(5)6/h2H,1H3. The highest BCUT2D eigenvalue weighted by Crippen LogP contribution is 1.98. The summed E-state index contributed by atoms with van der Waals surface area (Å²) < 4.78 is 33.3. The van der Waals surface area contributed by atoms with Gasteiger partial charge in [-0.2, -0.15) is 0 Å². The molecule has 0 bridgehead atoms. The van der Waals surface area contributed by atoms with E-state index in [0.717, 1.165) is 6.92 Å². The molecule has 2 nitrogen and oxygen atoms in total. The summed E-state index contributed by atoms with van der Waals surface area (Å²) in [5, 5.41) is -1.77. The van der Waals surface area contributed by atoms with Gasteiger partial charge in [-0.05, 0) is 12.3 Å². The predicted octanol–water partition coefficient (Wildman–Crippen LogP) is 0.942. The minimum atomic E-state index is -2.12. The Kier molecular flexibility index (Phi) is 2.30. The van der Waals surface area contributed by atoms with Crippen LogP contribution in [0.1, 0.15) is 6.92 Å². The molecule has 1 amide bonds. The number of amides is 1. The Hall–Kier alpha value is -0.740. The molecule has 0 spiro atoms. The van der Waals surface area contributed by atoms with Crippen LogP contribution in [0, 0.1) is 0 Å². The fourth-order valence-electron chi connectivity index (χ4n) is 0.134. The number of carbonyl (C=O) groups excluding carboxylic acids is 1. The topological polar surface area (TPSA) is 20.3 Å². The van der Waals surface area contributed by atoms with Gasteiger partial charge in [0.25, 0.3) is 0 Å². The number of hydrogen-bond donors (Lipinski definition) is 0. The lowest BCUT2D eigenvalue weighted by Gasteiger charge is -1.98. The zero-order valence-corrected chi connectivity index (χ0v) is 4.07. The van der Waals surface area contributed by atoms with E-state index >= 15 is 0 Å². The highest BCUT2D eigenvalue weighted by molar-refractivity contribution is 5.78. The van der Waals surface area contributed by atoms with E-state index in [4.69, 9.17) is 0 Å². The fourth-order valence-corrected chi connectivity index (χ4v) is 0.134. The summed E-state index contributed by atoms with van der Waals surface area (Å²) in [5.41, 5.74) is 0. The molecule has 0 saturated heterocycles. The smallest absolute Gasteiger partial charge is 0.266 e. The van der Waals surface area contributed by atoms with Crippen molar-refractivity contribution in [1.82, 2.24) is 5.34 Å². The SMILES string of the molecule is CC(F)C(=O)N(F)F. The van der Waals surface area contributed by atoms with Crippen molar-refractivity contribution in [2.45, 2.75) is 13.1 Å². The summed E-state index contributed by atoms with van der Waals surface area (Å²) in [5.74, 6) is -1.81. The molecule has 0 rings (SSSR count). The van der Waals surface area contributed by atoms with Crippen molar-refractivity contribution >= 4 is 5.91 Å². The van der Waals surface area contributed by atoms with Gasteiger partial charge in [-0.1, -0.05) is 8.96 Å². The molecule has 0 aliphatic rings. The molecule has 0 aromatic rings. The van der Waals surface area contributed by atoms with Gasteiger partial charge in [-0.3, -0.25) is 4.79 Å². The first-order chi connectivity index (χ1) is 3.55.